The Morgan fingerprint density at radius 1 is 1.00 bits per heavy atom. The molecule has 2 rings (SSSR count). The fraction of sp³-hybridized carbons (Fsp3) is 0.875. The summed E-state index contributed by atoms with van der Waals surface area (Å²) in [6.07, 6.45) is 10.5. The van der Waals surface area contributed by atoms with Crippen LogP contribution in [0.4, 0.5) is 4.79 Å². The lowest BCUT2D eigenvalue weighted by molar-refractivity contribution is -0.130. The van der Waals surface area contributed by atoms with E-state index in [1.165, 1.54) is 32.1 Å². The SMILES string of the molecule is CC(=O)N(CCNC(=O)NC1CCCCC1)C1CCCC1. The van der Waals surface area contributed by atoms with Crippen LogP contribution in [-0.2, 0) is 4.79 Å². The number of hydrogen-bond acceptors (Lipinski definition) is 2. The van der Waals surface area contributed by atoms with Gasteiger partial charge in [0.2, 0.25) is 5.91 Å². The first-order valence-electron chi connectivity index (χ1n) is 8.48. The number of hydrogen-bond donors (Lipinski definition) is 2. The number of carbonyl (C=O) groups excluding carboxylic acids is 2. The predicted molar refractivity (Wildman–Crippen MR) is 83.1 cm³/mol. The summed E-state index contributed by atoms with van der Waals surface area (Å²) in [5.74, 6) is 0.122. The van der Waals surface area contributed by atoms with Gasteiger partial charge in [-0.15, -0.1) is 0 Å². The predicted octanol–water partition coefficient (Wildman–Crippen LogP) is 2.41. The van der Waals surface area contributed by atoms with Crippen molar-refractivity contribution in [2.24, 2.45) is 0 Å². The Hall–Kier alpha value is -1.26. The van der Waals surface area contributed by atoms with E-state index in [1.54, 1.807) is 6.92 Å². The van der Waals surface area contributed by atoms with Crippen LogP contribution in [0.15, 0.2) is 0 Å². The summed E-state index contributed by atoms with van der Waals surface area (Å²) < 4.78 is 0. The molecule has 0 aromatic heterocycles. The maximum atomic E-state index is 11.9. The normalized spacial score (nSPS) is 20.2. The molecule has 0 heterocycles. The van der Waals surface area contributed by atoms with Gasteiger partial charge in [0, 0.05) is 32.1 Å². The average molecular weight is 295 g/mol. The second-order valence-corrected chi connectivity index (χ2v) is 6.39. The van der Waals surface area contributed by atoms with Crippen LogP contribution in [0.5, 0.6) is 0 Å². The van der Waals surface area contributed by atoms with Crippen LogP contribution in [0.25, 0.3) is 0 Å². The summed E-state index contributed by atoms with van der Waals surface area (Å²) in [4.78, 5) is 25.5. The third kappa shape index (κ3) is 5.21. The molecular formula is C16H29N3O2. The van der Waals surface area contributed by atoms with Crippen molar-refractivity contribution in [1.82, 2.24) is 15.5 Å². The summed E-state index contributed by atoms with van der Waals surface area (Å²) in [5.41, 5.74) is 0. The Morgan fingerprint density at radius 3 is 2.24 bits per heavy atom. The molecule has 120 valence electrons. The molecule has 0 saturated heterocycles. The Kier molecular flexibility index (Phi) is 6.33. The highest BCUT2D eigenvalue weighted by molar-refractivity contribution is 5.75. The van der Waals surface area contributed by atoms with Crippen LogP contribution in [0.1, 0.15) is 64.7 Å². The first kappa shape index (κ1) is 16.1. The van der Waals surface area contributed by atoms with Crippen molar-refractivity contribution < 1.29 is 9.59 Å². The second-order valence-electron chi connectivity index (χ2n) is 6.39. The Labute approximate surface area is 127 Å². The van der Waals surface area contributed by atoms with E-state index in [9.17, 15) is 9.59 Å². The molecule has 3 amide bonds. The first-order valence-corrected chi connectivity index (χ1v) is 8.48. The van der Waals surface area contributed by atoms with E-state index in [1.807, 2.05) is 4.90 Å². The zero-order valence-electron chi connectivity index (χ0n) is 13.2. The zero-order valence-corrected chi connectivity index (χ0v) is 13.2. The van der Waals surface area contributed by atoms with Crippen LogP contribution < -0.4 is 10.6 Å². The quantitative estimate of drug-likeness (QED) is 0.818. The topological polar surface area (TPSA) is 61.4 Å². The molecule has 2 fully saturated rings. The molecule has 0 bridgehead atoms. The van der Waals surface area contributed by atoms with Gasteiger partial charge in [-0.3, -0.25) is 4.79 Å². The van der Waals surface area contributed by atoms with Gasteiger partial charge in [0.25, 0.3) is 0 Å². The van der Waals surface area contributed by atoms with Crippen molar-refractivity contribution in [2.75, 3.05) is 13.1 Å². The molecule has 5 nitrogen and oxygen atoms in total. The molecule has 2 saturated carbocycles. The molecule has 2 N–H and O–H groups in total. The van der Waals surface area contributed by atoms with Crippen LogP contribution in [0, 0.1) is 0 Å². The minimum atomic E-state index is -0.0863. The van der Waals surface area contributed by atoms with E-state index in [0.717, 1.165) is 25.7 Å². The average Bonchev–Trinajstić information content (AvgIpc) is 2.98. The molecule has 2 aliphatic rings. The van der Waals surface area contributed by atoms with Crippen molar-refractivity contribution >= 4 is 11.9 Å². The van der Waals surface area contributed by atoms with Gasteiger partial charge >= 0.3 is 6.03 Å². The van der Waals surface area contributed by atoms with Gasteiger partial charge in [-0.1, -0.05) is 32.1 Å². The van der Waals surface area contributed by atoms with E-state index in [4.69, 9.17) is 0 Å². The van der Waals surface area contributed by atoms with Crippen LogP contribution in [-0.4, -0.2) is 42.0 Å². The van der Waals surface area contributed by atoms with Gasteiger partial charge in [-0.05, 0) is 25.7 Å². The minimum Gasteiger partial charge on any atom is -0.338 e. The zero-order chi connectivity index (χ0) is 15.1. The van der Waals surface area contributed by atoms with E-state index in [0.29, 0.717) is 25.2 Å². The molecule has 0 aliphatic heterocycles. The van der Waals surface area contributed by atoms with Crippen molar-refractivity contribution in [3.8, 4) is 0 Å². The van der Waals surface area contributed by atoms with Crippen molar-refractivity contribution in [3.63, 3.8) is 0 Å². The molecule has 0 atom stereocenters. The summed E-state index contributed by atoms with van der Waals surface area (Å²) in [5, 5.41) is 5.93. The lowest BCUT2D eigenvalue weighted by atomic mass is 9.96. The molecule has 0 aromatic rings. The summed E-state index contributed by atoms with van der Waals surface area (Å²) in [6, 6.07) is 0.625. The molecule has 21 heavy (non-hydrogen) atoms. The molecule has 0 radical (unpaired) electrons. The van der Waals surface area contributed by atoms with E-state index in [-0.39, 0.29) is 11.9 Å². The summed E-state index contributed by atoms with van der Waals surface area (Å²) >= 11 is 0. The third-order valence-electron chi connectivity index (χ3n) is 4.75. The second kappa shape index (κ2) is 8.25. The van der Waals surface area contributed by atoms with E-state index < -0.39 is 0 Å². The van der Waals surface area contributed by atoms with Crippen molar-refractivity contribution in [3.05, 3.63) is 0 Å². The van der Waals surface area contributed by atoms with Crippen LogP contribution in [0.2, 0.25) is 0 Å². The van der Waals surface area contributed by atoms with E-state index >= 15 is 0 Å². The molecule has 0 unspecified atom stereocenters. The van der Waals surface area contributed by atoms with Gasteiger partial charge in [-0.25, -0.2) is 4.79 Å². The van der Waals surface area contributed by atoms with Gasteiger partial charge in [-0.2, -0.15) is 0 Å². The number of nitrogens with one attached hydrogen (secondary N) is 2. The largest absolute Gasteiger partial charge is 0.338 e. The third-order valence-corrected chi connectivity index (χ3v) is 4.75. The van der Waals surface area contributed by atoms with Gasteiger partial charge in [0.1, 0.15) is 0 Å². The highest BCUT2D eigenvalue weighted by atomic mass is 16.2. The standard InChI is InChI=1S/C16H29N3O2/c1-13(20)19(15-9-5-6-10-15)12-11-17-16(21)18-14-7-3-2-4-8-14/h14-15H,2-12H2,1H3,(H2,17,18,21). The lowest BCUT2D eigenvalue weighted by Gasteiger charge is -2.28. The molecular weight excluding hydrogens is 266 g/mol. The maximum Gasteiger partial charge on any atom is 0.315 e. The highest BCUT2D eigenvalue weighted by Gasteiger charge is 2.24. The first-order chi connectivity index (χ1) is 10.2. The minimum absolute atomic E-state index is 0.0863. The van der Waals surface area contributed by atoms with Crippen LogP contribution >= 0.6 is 0 Å². The Bertz CT molecular complexity index is 347. The monoisotopic (exact) mass is 295 g/mol. The van der Waals surface area contributed by atoms with Gasteiger partial charge in [0.15, 0.2) is 0 Å². The lowest BCUT2D eigenvalue weighted by Crippen LogP contribution is -2.47. The van der Waals surface area contributed by atoms with E-state index in [2.05, 4.69) is 10.6 Å². The van der Waals surface area contributed by atoms with Gasteiger partial charge in [0.05, 0.1) is 0 Å². The maximum absolute atomic E-state index is 11.9. The van der Waals surface area contributed by atoms with Gasteiger partial charge < -0.3 is 15.5 Å². The molecule has 0 aromatic carbocycles. The van der Waals surface area contributed by atoms with Crippen molar-refractivity contribution in [2.45, 2.75) is 76.8 Å². The highest BCUT2D eigenvalue weighted by Crippen LogP contribution is 2.23. The number of amides is 3. The smallest absolute Gasteiger partial charge is 0.315 e. The number of carbonyl (C=O) groups is 2. The fourth-order valence-corrected chi connectivity index (χ4v) is 3.59. The number of rotatable bonds is 5. The Balaban J connectivity index is 1.66. The molecule has 2 aliphatic carbocycles. The number of nitrogens with zero attached hydrogens (tertiary/aromatic N) is 1. The summed E-state index contributed by atoms with van der Waals surface area (Å²) in [6.45, 7) is 2.78. The van der Waals surface area contributed by atoms with Crippen LogP contribution in [0.3, 0.4) is 0 Å². The van der Waals surface area contributed by atoms with Crippen molar-refractivity contribution in [1.29, 1.82) is 0 Å². The number of urea groups is 1. The molecule has 0 spiro atoms. The Morgan fingerprint density at radius 2 is 1.62 bits per heavy atom. The molecule has 5 heteroatoms. The summed E-state index contributed by atoms with van der Waals surface area (Å²) in [7, 11) is 0. The fourth-order valence-electron chi connectivity index (χ4n) is 3.59.